The van der Waals surface area contributed by atoms with Crippen LogP contribution in [0.1, 0.15) is 5.56 Å². The highest BCUT2D eigenvalue weighted by molar-refractivity contribution is 9.10. The molecule has 0 amide bonds. The van der Waals surface area contributed by atoms with Gasteiger partial charge in [0.15, 0.2) is 0 Å². The van der Waals surface area contributed by atoms with E-state index in [9.17, 15) is 10.1 Å². The van der Waals surface area contributed by atoms with Crippen LogP contribution in [0.15, 0.2) is 28.7 Å². The average molecular weight is 258 g/mol. The van der Waals surface area contributed by atoms with Gasteiger partial charge in [0.25, 0.3) is 5.69 Å². The minimum absolute atomic E-state index is 0.0186. The summed E-state index contributed by atoms with van der Waals surface area (Å²) in [5.41, 5.74) is 0.707. The monoisotopic (exact) mass is 257 g/mol. The first-order valence-electron chi connectivity index (χ1n) is 3.86. The Morgan fingerprint density at radius 1 is 1.57 bits per heavy atom. The number of nitrogens with zero attached hydrogens (tertiary/aromatic N) is 1. The molecular formula is C9H8BrNO3. The predicted octanol–water partition coefficient (Wildman–Crippen LogP) is 2.36. The molecule has 1 rings (SSSR count). The van der Waals surface area contributed by atoms with Crippen molar-refractivity contribution in [1.29, 1.82) is 0 Å². The number of aliphatic hydroxyl groups is 1. The van der Waals surface area contributed by atoms with Crippen LogP contribution >= 0.6 is 15.9 Å². The van der Waals surface area contributed by atoms with E-state index >= 15 is 0 Å². The van der Waals surface area contributed by atoms with Gasteiger partial charge in [-0.15, -0.1) is 0 Å². The highest BCUT2D eigenvalue weighted by Crippen LogP contribution is 2.25. The molecule has 0 atom stereocenters. The number of rotatable bonds is 3. The van der Waals surface area contributed by atoms with Crippen molar-refractivity contribution in [2.75, 3.05) is 6.61 Å². The minimum atomic E-state index is -0.458. The molecule has 0 unspecified atom stereocenters. The fourth-order valence-electron chi connectivity index (χ4n) is 0.962. The Morgan fingerprint density at radius 3 is 2.86 bits per heavy atom. The summed E-state index contributed by atoms with van der Waals surface area (Å²) in [7, 11) is 0. The normalized spacial score (nSPS) is 10.7. The lowest BCUT2D eigenvalue weighted by Gasteiger charge is -1.96. The number of aliphatic hydroxyl groups excluding tert-OH is 1. The molecule has 0 fully saturated rings. The molecule has 1 N–H and O–H groups in total. The summed E-state index contributed by atoms with van der Waals surface area (Å²) < 4.78 is 0.448. The van der Waals surface area contributed by atoms with Crippen LogP contribution < -0.4 is 0 Å². The van der Waals surface area contributed by atoms with Crippen molar-refractivity contribution >= 4 is 27.7 Å². The third-order valence-corrected chi connectivity index (χ3v) is 2.25. The molecule has 0 saturated heterocycles. The Kier molecular flexibility index (Phi) is 3.79. The van der Waals surface area contributed by atoms with Gasteiger partial charge in [-0.25, -0.2) is 0 Å². The van der Waals surface area contributed by atoms with Gasteiger partial charge in [0.05, 0.1) is 16.0 Å². The molecular weight excluding hydrogens is 250 g/mol. The summed E-state index contributed by atoms with van der Waals surface area (Å²) in [4.78, 5) is 10.1. The summed E-state index contributed by atoms with van der Waals surface area (Å²) in [6.07, 6.45) is 3.15. The number of halogens is 1. The van der Waals surface area contributed by atoms with Crippen molar-refractivity contribution in [1.82, 2.24) is 0 Å². The summed E-state index contributed by atoms with van der Waals surface area (Å²) in [6.45, 7) is -0.0795. The van der Waals surface area contributed by atoms with Gasteiger partial charge in [0.1, 0.15) is 0 Å². The molecule has 74 valence electrons. The fraction of sp³-hybridized carbons (Fsp3) is 0.111. The van der Waals surface area contributed by atoms with E-state index < -0.39 is 4.92 Å². The third kappa shape index (κ3) is 2.65. The van der Waals surface area contributed by atoms with Gasteiger partial charge in [0, 0.05) is 6.07 Å². The number of hydrogen-bond donors (Lipinski definition) is 1. The number of nitro benzene ring substituents is 1. The molecule has 1 aromatic carbocycles. The zero-order chi connectivity index (χ0) is 10.6. The Morgan fingerprint density at radius 2 is 2.29 bits per heavy atom. The maximum absolute atomic E-state index is 10.5. The number of hydrogen-bond acceptors (Lipinski definition) is 3. The fourth-order valence-corrected chi connectivity index (χ4v) is 1.35. The van der Waals surface area contributed by atoms with Crippen LogP contribution in [0.2, 0.25) is 0 Å². The van der Waals surface area contributed by atoms with E-state index in [-0.39, 0.29) is 12.3 Å². The van der Waals surface area contributed by atoms with Crippen LogP contribution in [0.3, 0.4) is 0 Å². The third-order valence-electron chi connectivity index (χ3n) is 1.58. The van der Waals surface area contributed by atoms with Gasteiger partial charge in [-0.05, 0) is 27.6 Å². The van der Waals surface area contributed by atoms with Crippen molar-refractivity contribution in [3.63, 3.8) is 0 Å². The van der Waals surface area contributed by atoms with Crippen molar-refractivity contribution in [3.8, 4) is 0 Å². The van der Waals surface area contributed by atoms with E-state index in [1.54, 1.807) is 18.2 Å². The average Bonchev–Trinajstić information content (AvgIpc) is 2.16. The van der Waals surface area contributed by atoms with Crippen LogP contribution in [0.5, 0.6) is 0 Å². The van der Waals surface area contributed by atoms with Crippen molar-refractivity contribution in [2.45, 2.75) is 0 Å². The molecule has 0 heterocycles. The van der Waals surface area contributed by atoms with Crippen LogP contribution in [0, 0.1) is 10.1 Å². The first kappa shape index (κ1) is 10.9. The van der Waals surface area contributed by atoms with Crippen LogP contribution in [0.4, 0.5) is 5.69 Å². The second kappa shape index (κ2) is 4.88. The van der Waals surface area contributed by atoms with E-state index in [2.05, 4.69) is 15.9 Å². The first-order chi connectivity index (χ1) is 6.65. The van der Waals surface area contributed by atoms with Crippen LogP contribution in [-0.4, -0.2) is 16.6 Å². The topological polar surface area (TPSA) is 63.4 Å². The molecule has 0 spiro atoms. The molecule has 0 aliphatic rings. The maximum Gasteiger partial charge on any atom is 0.284 e. The predicted molar refractivity (Wildman–Crippen MR) is 56.9 cm³/mol. The summed E-state index contributed by atoms with van der Waals surface area (Å²) in [5.74, 6) is 0. The largest absolute Gasteiger partial charge is 0.392 e. The second-order valence-electron chi connectivity index (χ2n) is 2.55. The zero-order valence-electron chi connectivity index (χ0n) is 7.18. The van der Waals surface area contributed by atoms with E-state index in [0.29, 0.717) is 10.0 Å². The lowest BCUT2D eigenvalue weighted by Crippen LogP contribution is -1.89. The van der Waals surface area contributed by atoms with Gasteiger partial charge in [-0.1, -0.05) is 18.2 Å². The van der Waals surface area contributed by atoms with Crippen LogP contribution in [-0.2, 0) is 0 Å². The highest BCUT2D eigenvalue weighted by Gasteiger charge is 2.10. The summed E-state index contributed by atoms with van der Waals surface area (Å²) >= 11 is 3.08. The Labute approximate surface area is 89.2 Å². The summed E-state index contributed by atoms with van der Waals surface area (Å²) in [5, 5.41) is 19.1. The minimum Gasteiger partial charge on any atom is -0.392 e. The van der Waals surface area contributed by atoms with E-state index in [1.165, 1.54) is 12.1 Å². The molecule has 1 aromatic rings. The molecule has 0 aliphatic carbocycles. The quantitative estimate of drug-likeness (QED) is 0.668. The molecule has 5 heteroatoms. The van der Waals surface area contributed by atoms with Crippen LogP contribution in [0.25, 0.3) is 6.08 Å². The maximum atomic E-state index is 10.5. The molecule has 0 saturated carbocycles. The molecule has 0 radical (unpaired) electrons. The van der Waals surface area contributed by atoms with Crippen molar-refractivity contribution < 1.29 is 10.0 Å². The van der Waals surface area contributed by atoms with Gasteiger partial charge in [-0.3, -0.25) is 10.1 Å². The van der Waals surface area contributed by atoms with Crippen molar-refractivity contribution in [3.05, 3.63) is 44.4 Å². The highest BCUT2D eigenvalue weighted by atomic mass is 79.9. The Balaban J connectivity index is 3.06. The first-order valence-corrected chi connectivity index (χ1v) is 4.66. The van der Waals surface area contributed by atoms with E-state index in [0.717, 1.165) is 0 Å². The Hall–Kier alpha value is -1.20. The van der Waals surface area contributed by atoms with E-state index in [1.807, 2.05) is 0 Å². The molecule has 0 aromatic heterocycles. The smallest absolute Gasteiger partial charge is 0.284 e. The van der Waals surface area contributed by atoms with E-state index in [4.69, 9.17) is 5.11 Å². The zero-order valence-corrected chi connectivity index (χ0v) is 8.77. The SMILES string of the molecule is O=[N+]([O-])c1cc(C=CCO)ccc1Br. The lowest BCUT2D eigenvalue weighted by molar-refractivity contribution is -0.385. The number of benzene rings is 1. The van der Waals surface area contributed by atoms with Crippen molar-refractivity contribution in [2.24, 2.45) is 0 Å². The Bertz CT molecular complexity index is 376. The van der Waals surface area contributed by atoms with Gasteiger partial charge in [-0.2, -0.15) is 0 Å². The van der Waals surface area contributed by atoms with Gasteiger partial charge < -0.3 is 5.11 Å². The molecule has 0 bridgehead atoms. The number of nitro groups is 1. The van der Waals surface area contributed by atoms with Gasteiger partial charge >= 0.3 is 0 Å². The second-order valence-corrected chi connectivity index (χ2v) is 3.41. The summed E-state index contributed by atoms with van der Waals surface area (Å²) in [6, 6.07) is 4.77. The molecule has 4 nitrogen and oxygen atoms in total. The lowest BCUT2D eigenvalue weighted by atomic mass is 10.2. The standard InChI is InChI=1S/C9H8BrNO3/c10-8-4-3-7(2-1-5-12)6-9(8)11(13)14/h1-4,6,12H,5H2. The molecule has 14 heavy (non-hydrogen) atoms. The molecule has 0 aliphatic heterocycles. The van der Waals surface area contributed by atoms with Gasteiger partial charge in [0.2, 0.25) is 0 Å².